The Balaban J connectivity index is 2.26. The highest BCUT2D eigenvalue weighted by Crippen LogP contribution is 2.60. The van der Waals surface area contributed by atoms with E-state index >= 15 is 0 Å². The lowest BCUT2D eigenvalue weighted by Gasteiger charge is -2.46. The van der Waals surface area contributed by atoms with Gasteiger partial charge in [0, 0.05) is 13.1 Å². The lowest BCUT2D eigenvalue weighted by atomic mass is 9.68. The molecular formula is C6H7F4N. The van der Waals surface area contributed by atoms with E-state index < -0.39 is 23.7 Å². The maximum Gasteiger partial charge on any atom is 0.315 e. The number of rotatable bonds is 0. The highest BCUT2D eigenvalue weighted by atomic mass is 19.3. The minimum absolute atomic E-state index is 0.0211. The number of alkyl halides is 4. The molecule has 0 bridgehead atoms. The molecule has 0 aromatic carbocycles. The molecule has 5 heteroatoms. The summed E-state index contributed by atoms with van der Waals surface area (Å²) in [6.07, 6.45) is 0. The monoisotopic (exact) mass is 169 g/mol. The average molecular weight is 169 g/mol. The van der Waals surface area contributed by atoms with Gasteiger partial charge in [-0.25, -0.2) is 0 Å². The second-order valence-electron chi connectivity index (χ2n) is 3.12. The molecule has 2 rings (SSSR count). The third-order valence-corrected chi connectivity index (χ3v) is 2.59. The molecule has 11 heavy (non-hydrogen) atoms. The third kappa shape index (κ3) is 0.607. The van der Waals surface area contributed by atoms with E-state index in [-0.39, 0.29) is 13.1 Å². The molecule has 1 saturated heterocycles. The van der Waals surface area contributed by atoms with E-state index in [4.69, 9.17) is 0 Å². The maximum absolute atomic E-state index is 12.5. The Kier molecular flexibility index (Phi) is 1.14. The highest BCUT2D eigenvalue weighted by Gasteiger charge is 2.79. The van der Waals surface area contributed by atoms with Crippen molar-refractivity contribution in [2.24, 2.45) is 11.8 Å². The summed E-state index contributed by atoms with van der Waals surface area (Å²) in [4.78, 5) is 0. The fourth-order valence-corrected chi connectivity index (χ4v) is 1.84. The van der Waals surface area contributed by atoms with Crippen LogP contribution in [0.4, 0.5) is 17.6 Å². The smallest absolute Gasteiger partial charge is 0.315 e. The van der Waals surface area contributed by atoms with E-state index in [1.807, 2.05) is 0 Å². The van der Waals surface area contributed by atoms with E-state index in [0.29, 0.717) is 0 Å². The standard InChI is InChI=1S/C6H7F4N/c7-5(8)3-1-11-2-4(3)6(5,9)10/h3-4,11H,1-2H2. The fourth-order valence-electron chi connectivity index (χ4n) is 1.84. The normalized spacial score (nSPS) is 44.7. The minimum Gasteiger partial charge on any atom is -0.316 e. The molecular weight excluding hydrogens is 162 g/mol. The molecule has 2 unspecified atom stereocenters. The largest absolute Gasteiger partial charge is 0.316 e. The summed E-state index contributed by atoms with van der Waals surface area (Å²) >= 11 is 0. The maximum atomic E-state index is 12.5. The second-order valence-corrected chi connectivity index (χ2v) is 3.12. The van der Waals surface area contributed by atoms with Crippen LogP contribution in [0.1, 0.15) is 0 Å². The van der Waals surface area contributed by atoms with E-state index in [1.54, 1.807) is 0 Å². The summed E-state index contributed by atoms with van der Waals surface area (Å²) in [5.41, 5.74) is 0. The summed E-state index contributed by atoms with van der Waals surface area (Å²) in [7, 11) is 0. The molecule has 0 aromatic rings. The number of hydrogen-bond donors (Lipinski definition) is 1. The Morgan fingerprint density at radius 1 is 0.909 bits per heavy atom. The van der Waals surface area contributed by atoms with Crippen LogP contribution in [-0.4, -0.2) is 24.9 Å². The predicted octanol–water partition coefficient (Wildman–Crippen LogP) is 1.11. The number of nitrogens with one attached hydrogen (secondary N) is 1. The van der Waals surface area contributed by atoms with Gasteiger partial charge in [-0.1, -0.05) is 0 Å². The molecule has 0 amide bonds. The summed E-state index contributed by atoms with van der Waals surface area (Å²) in [6.45, 7) is 0.0422. The van der Waals surface area contributed by atoms with Gasteiger partial charge in [0.1, 0.15) is 0 Å². The molecule has 1 saturated carbocycles. The Morgan fingerprint density at radius 3 is 1.64 bits per heavy atom. The van der Waals surface area contributed by atoms with Crippen LogP contribution >= 0.6 is 0 Å². The highest BCUT2D eigenvalue weighted by molar-refractivity contribution is 5.13. The van der Waals surface area contributed by atoms with Crippen LogP contribution in [0.5, 0.6) is 0 Å². The average Bonchev–Trinajstić information content (AvgIpc) is 2.32. The predicted molar refractivity (Wildman–Crippen MR) is 29.7 cm³/mol. The van der Waals surface area contributed by atoms with Crippen molar-refractivity contribution in [3.63, 3.8) is 0 Å². The molecule has 2 aliphatic rings. The first-order valence-corrected chi connectivity index (χ1v) is 3.44. The van der Waals surface area contributed by atoms with Crippen molar-refractivity contribution in [2.45, 2.75) is 11.8 Å². The van der Waals surface area contributed by atoms with Crippen molar-refractivity contribution in [1.82, 2.24) is 5.32 Å². The molecule has 2 fully saturated rings. The van der Waals surface area contributed by atoms with E-state index in [2.05, 4.69) is 5.32 Å². The first-order chi connectivity index (χ1) is 4.98. The van der Waals surface area contributed by atoms with Crippen LogP contribution in [0.2, 0.25) is 0 Å². The van der Waals surface area contributed by atoms with Crippen LogP contribution < -0.4 is 5.32 Å². The van der Waals surface area contributed by atoms with Crippen LogP contribution in [0.15, 0.2) is 0 Å². The van der Waals surface area contributed by atoms with Gasteiger partial charge in [-0.3, -0.25) is 0 Å². The lowest BCUT2D eigenvalue weighted by Crippen LogP contribution is -2.65. The molecule has 1 nitrogen and oxygen atoms in total. The quantitative estimate of drug-likeness (QED) is 0.535. The van der Waals surface area contributed by atoms with E-state index in [0.717, 1.165) is 0 Å². The summed E-state index contributed by atoms with van der Waals surface area (Å²) in [5, 5.41) is 2.54. The number of halogens is 4. The van der Waals surface area contributed by atoms with Gasteiger partial charge < -0.3 is 5.32 Å². The van der Waals surface area contributed by atoms with Gasteiger partial charge in [-0.15, -0.1) is 0 Å². The van der Waals surface area contributed by atoms with Crippen molar-refractivity contribution < 1.29 is 17.6 Å². The molecule has 0 radical (unpaired) electrons. The zero-order chi connectivity index (χ0) is 8.28. The molecule has 0 spiro atoms. The summed E-state index contributed by atoms with van der Waals surface area (Å²) in [5.74, 6) is -9.84. The Hall–Kier alpha value is -0.320. The fraction of sp³-hybridized carbons (Fsp3) is 1.00. The molecule has 1 N–H and O–H groups in total. The van der Waals surface area contributed by atoms with Crippen molar-refractivity contribution in [3.8, 4) is 0 Å². The molecule has 1 heterocycles. The molecule has 1 aliphatic heterocycles. The van der Waals surface area contributed by atoms with Crippen LogP contribution in [-0.2, 0) is 0 Å². The first-order valence-electron chi connectivity index (χ1n) is 3.44. The van der Waals surface area contributed by atoms with E-state index in [9.17, 15) is 17.6 Å². The lowest BCUT2D eigenvalue weighted by molar-refractivity contribution is -0.339. The third-order valence-electron chi connectivity index (χ3n) is 2.59. The van der Waals surface area contributed by atoms with Crippen LogP contribution in [0, 0.1) is 11.8 Å². The van der Waals surface area contributed by atoms with Crippen LogP contribution in [0.25, 0.3) is 0 Å². The zero-order valence-electron chi connectivity index (χ0n) is 5.58. The Bertz CT molecular complexity index is 171. The Morgan fingerprint density at radius 2 is 1.27 bits per heavy atom. The SMILES string of the molecule is FC1(F)C2CNCC2C1(F)F. The van der Waals surface area contributed by atoms with Crippen molar-refractivity contribution in [1.29, 1.82) is 0 Å². The van der Waals surface area contributed by atoms with Gasteiger partial charge in [0.05, 0.1) is 11.8 Å². The minimum atomic E-state index is -3.78. The van der Waals surface area contributed by atoms with Gasteiger partial charge in [-0.2, -0.15) is 17.6 Å². The van der Waals surface area contributed by atoms with Gasteiger partial charge >= 0.3 is 11.8 Å². The van der Waals surface area contributed by atoms with Crippen molar-refractivity contribution in [3.05, 3.63) is 0 Å². The van der Waals surface area contributed by atoms with Crippen molar-refractivity contribution >= 4 is 0 Å². The summed E-state index contributed by atoms with van der Waals surface area (Å²) < 4.78 is 49.9. The molecule has 2 atom stereocenters. The molecule has 1 aliphatic carbocycles. The molecule has 0 aromatic heterocycles. The topological polar surface area (TPSA) is 12.0 Å². The second kappa shape index (κ2) is 1.71. The first kappa shape index (κ1) is 7.34. The zero-order valence-corrected chi connectivity index (χ0v) is 5.58. The van der Waals surface area contributed by atoms with E-state index in [1.165, 1.54) is 0 Å². The van der Waals surface area contributed by atoms with Gasteiger partial charge in [0.2, 0.25) is 0 Å². The molecule has 64 valence electrons. The number of hydrogen-bond acceptors (Lipinski definition) is 1. The van der Waals surface area contributed by atoms with Crippen LogP contribution in [0.3, 0.4) is 0 Å². The van der Waals surface area contributed by atoms with Gasteiger partial charge in [-0.05, 0) is 0 Å². The van der Waals surface area contributed by atoms with Gasteiger partial charge in [0.15, 0.2) is 0 Å². The Labute approximate surface area is 60.8 Å². The van der Waals surface area contributed by atoms with Crippen molar-refractivity contribution in [2.75, 3.05) is 13.1 Å². The summed E-state index contributed by atoms with van der Waals surface area (Å²) in [6, 6.07) is 0. The van der Waals surface area contributed by atoms with Gasteiger partial charge in [0.25, 0.3) is 0 Å². The number of fused-ring (bicyclic) bond motifs is 1.